The Balaban J connectivity index is 1.93. The molecule has 0 spiro atoms. The molecule has 0 aromatic heterocycles. The monoisotopic (exact) mass is 619 g/mol. The zero-order valence-electron chi connectivity index (χ0n) is 23.9. The summed E-state index contributed by atoms with van der Waals surface area (Å²) in [5, 5.41) is 32.1. The van der Waals surface area contributed by atoms with Gasteiger partial charge in [-0.3, -0.25) is 34.1 Å². The number of phenols is 2. The van der Waals surface area contributed by atoms with E-state index in [0.29, 0.717) is 5.56 Å². The van der Waals surface area contributed by atoms with Crippen molar-refractivity contribution in [3.8, 4) is 17.2 Å². The summed E-state index contributed by atoms with van der Waals surface area (Å²) in [5.41, 5.74) is -0.287. The van der Waals surface area contributed by atoms with E-state index in [2.05, 4.69) is 0 Å². The van der Waals surface area contributed by atoms with E-state index in [4.69, 9.17) is 28.4 Å². The van der Waals surface area contributed by atoms with E-state index in [-0.39, 0.29) is 17.9 Å². The third-order valence-electron chi connectivity index (χ3n) is 6.06. The van der Waals surface area contributed by atoms with Gasteiger partial charge in [0, 0.05) is 58.4 Å². The lowest BCUT2D eigenvalue weighted by Crippen LogP contribution is -2.63. The summed E-state index contributed by atoms with van der Waals surface area (Å²) in [5.74, 6) is -5.73. The standard InChI is InChI=1S/C28H29NO15/c1-13(30)39-12-23-25(40-14(2)31)26(41-15(3)32)27(42-16(4)33)28(44-23)43-19-10-21(35)24(22(36)11-19)20(34)9-17-5-7-18(8-6-17)29(37)38/h5-8,10-11,23,25-28,35-36H,9,12H2,1-4H3/t23-,25-,26+,27-,28+/m1/s1. The maximum atomic E-state index is 12.9. The summed E-state index contributed by atoms with van der Waals surface area (Å²) in [4.78, 5) is 70.5. The molecule has 2 aromatic rings. The quantitative estimate of drug-likeness (QED) is 0.120. The summed E-state index contributed by atoms with van der Waals surface area (Å²) < 4.78 is 32.5. The van der Waals surface area contributed by atoms with Gasteiger partial charge in [0.2, 0.25) is 12.4 Å². The molecule has 0 radical (unpaired) electrons. The number of phenolic OH excluding ortho intramolecular Hbond substituents is 2. The van der Waals surface area contributed by atoms with Crippen LogP contribution in [-0.2, 0) is 49.3 Å². The lowest BCUT2D eigenvalue weighted by Gasteiger charge is -2.43. The highest BCUT2D eigenvalue weighted by atomic mass is 16.7. The van der Waals surface area contributed by atoms with E-state index in [1.165, 1.54) is 24.3 Å². The third-order valence-corrected chi connectivity index (χ3v) is 6.06. The number of rotatable bonds is 11. The molecule has 2 N–H and O–H groups in total. The number of carbonyl (C=O) groups excluding carboxylic acids is 5. The second-order valence-corrected chi connectivity index (χ2v) is 9.55. The van der Waals surface area contributed by atoms with Crippen molar-refractivity contribution < 1.29 is 67.5 Å². The fourth-order valence-corrected chi connectivity index (χ4v) is 4.37. The Morgan fingerprint density at radius 3 is 1.84 bits per heavy atom. The number of nitro benzene ring substituents is 1. The molecule has 16 heteroatoms. The van der Waals surface area contributed by atoms with Gasteiger partial charge in [0.1, 0.15) is 35.5 Å². The van der Waals surface area contributed by atoms with Crippen LogP contribution < -0.4 is 4.74 Å². The Morgan fingerprint density at radius 2 is 1.34 bits per heavy atom. The summed E-state index contributed by atoms with van der Waals surface area (Å²) in [6.07, 6.45) is -7.82. The van der Waals surface area contributed by atoms with Gasteiger partial charge in [0.25, 0.3) is 5.69 Å². The Bertz CT molecular complexity index is 1410. The minimum atomic E-state index is -1.66. The topological polar surface area (TPSA) is 224 Å². The number of ketones is 1. The van der Waals surface area contributed by atoms with Gasteiger partial charge in [-0.15, -0.1) is 0 Å². The first kappa shape index (κ1) is 33.3. The molecule has 5 atom stereocenters. The van der Waals surface area contributed by atoms with Crippen LogP contribution in [-0.4, -0.2) is 82.1 Å². The molecule has 44 heavy (non-hydrogen) atoms. The number of nitrogens with zero attached hydrogens (tertiary/aromatic N) is 1. The molecule has 0 unspecified atom stereocenters. The lowest BCUT2D eigenvalue weighted by atomic mass is 9.98. The second kappa shape index (κ2) is 14.3. The Kier molecular flexibility index (Phi) is 10.8. The molecule has 1 fully saturated rings. The van der Waals surface area contributed by atoms with Crippen molar-refractivity contribution >= 4 is 35.3 Å². The average molecular weight is 620 g/mol. The van der Waals surface area contributed by atoms with Crippen molar-refractivity contribution in [3.05, 3.63) is 57.6 Å². The van der Waals surface area contributed by atoms with Crippen molar-refractivity contribution in [1.82, 2.24) is 0 Å². The molecule has 0 saturated carbocycles. The highest BCUT2D eigenvalue weighted by molar-refractivity contribution is 6.02. The summed E-state index contributed by atoms with van der Waals surface area (Å²) in [6.45, 7) is 3.75. The molecule has 1 heterocycles. The van der Waals surface area contributed by atoms with Crippen LogP contribution in [0.2, 0.25) is 0 Å². The van der Waals surface area contributed by atoms with E-state index in [0.717, 1.165) is 39.8 Å². The van der Waals surface area contributed by atoms with Gasteiger partial charge in [-0.2, -0.15) is 0 Å². The second-order valence-electron chi connectivity index (χ2n) is 9.55. The minimum absolute atomic E-state index is 0.185. The van der Waals surface area contributed by atoms with Gasteiger partial charge < -0.3 is 38.6 Å². The Hall–Kier alpha value is -5.25. The van der Waals surface area contributed by atoms with Gasteiger partial charge in [0.05, 0.1) is 4.92 Å². The molecule has 1 saturated heterocycles. The van der Waals surface area contributed by atoms with Crippen molar-refractivity contribution in [3.63, 3.8) is 0 Å². The SMILES string of the molecule is CC(=O)OC[C@H]1O[C@H](Oc2cc(O)c(C(=O)Cc3ccc([N+](=O)[O-])cc3)c(O)c2)[C@H](OC(C)=O)[C@@H](OC(C)=O)[C@@H]1OC(C)=O. The van der Waals surface area contributed by atoms with Crippen LogP contribution in [0.15, 0.2) is 36.4 Å². The molecule has 1 aliphatic rings. The summed E-state index contributed by atoms with van der Waals surface area (Å²) >= 11 is 0. The van der Waals surface area contributed by atoms with E-state index in [9.17, 15) is 44.3 Å². The minimum Gasteiger partial charge on any atom is -0.507 e. The number of ether oxygens (including phenoxy) is 6. The Labute approximate surface area is 249 Å². The fraction of sp³-hybridized carbons (Fsp3) is 0.393. The number of aromatic hydroxyl groups is 2. The first-order chi connectivity index (χ1) is 20.7. The van der Waals surface area contributed by atoms with Crippen molar-refractivity contribution in [2.75, 3.05) is 6.61 Å². The number of esters is 4. The van der Waals surface area contributed by atoms with E-state index < -0.39 is 89.0 Å². The van der Waals surface area contributed by atoms with E-state index in [1.807, 2.05) is 0 Å². The van der Waals surface area contributed by atoms with Gasteiger partial charge in [-0.05, 0) is 5.56 Å². The van der Waals surface area contributed by atoms with Crippen molar-refractivity contribution in [2.45, 2.75) is 64.8 Å². The number of carbonyl (C=O) groups is 5. The summed E-state index contributed by atoms with van der Waals surface area (Å²) in [7, 11) is 0. The maximum absolute atomic E-state index is 12.9. The van der Waals surface area contributed by atoms with Gasteiger partial charge in [-0.1, -0.05) is 12.1 Å². The van der Waals surface area contributed by atoms with Gasteiger partial charge in [-0.25, -0.2) is 0 Å². The highest BCUT2D eigenvalue weighted by Gasteiger charge is 2.53. The van der Waals surface area contributed by atoms with Gasteiger partial charge >= 0.3 is 23.9 Å². The Morgan fingerprint density at radius 1 is 0.818 bits per heavy atom. The van der Waals surface area contributed by atoms with Crippen LogP contribution in [0.1, 0.15) is 43.6 Å². The van der Waals surface area contributed by atoms with Crippen molar-refractivity contribution in [1.29, 1.82) is 0 Å². The summed E-state index contributed by atoms with van der Waals surface area (Å²) in [6, 6.07) is 7.02. The zero-order valence-corrected chi connectivity index (χ0v) is 23.9. The van der Waals surface area contributed by atoms with Crippen LogP contribution >= 0.6 is 0 Å². The fourth-order valence-electron chi connectivity index (χ4n) is 4.37. The smallest absolute Gasteiger partial charge is 0.303 e. The predicted octanol–water partition coefficient (Wildman–Crippen LogP) is 1.89. The largest absolute Gasteiger partial charge is 0.507 e. The lowest BCUT2D eigenvalue weighted by molar-refractivity contribution is -0.384. The zero-order chi connectivity index (χ0) is 32.7. The molecule has 1 aliphatic heterocycles. The molecule has 16 nitrogen and oxygen atoms in total. The molecular formula is C28H29NO15. The number of Topliss-reactive ketones (excluding diaryl/α,β-unsaturated/α-hetero) is 1. The van der Waals surface area contributed by atoms with Crippen molar-refractivity contribution in [2.24, 2.45) is 0 Å². The molecular weight excluding hydrogens is 590 g/mol. The molecule has 236 valence electrons. The average Bonchev–Trinajstić information content (AvgIpc) is 2.90. The van der Waals surface area contributed by atoms with Crippen LogP contribution in [0.25, 0.3) is 0 Å². The number of non-ortho nitro benzene ring substituents is 1. The van der Waals surface area contributed by atoms with Crippen LogP contribution in [0.5, 0.6) is 17.2 Å². The highest BCUT2D eigenvalue weighted by Crippen LogP contribution is 2.36. The van der Waals surface area contributed by atoms with E-state index in [1.54, 1.807) is 0 Å². The maximum Gasteiger partial charge on any atom is 0.303 e. The van der Waals surface area contributed by atoms with Gasteiger partial charge in [0.15, 0.2) is 18.0 Å². The number of benzene rings is 2. The van der Waals surface area contributed by atoms with Crippen LogP contribution in [0.3, 0.4) is 0 Å². The van der Waals surface area contributed by atoms with Crippen LogP contribution in [0.4, 0.5) is 5.69 Å². The number of nitro groups is 1. The molecule has 0 bridgehead atoms. The number of hydrogen-bond acceptors (Lipinski definition) is 15. The molecule has 2 aromatic carbocycles. The first-order valence-electron chi connectivity index (χ1n) is 13.0. The van der Waals surface area contributed by atoms with Crippen LogP contribution in [0, 0.1) is 10.1 Å². The third kappa shape index (κ3) is 8.64. The number of hydrogen-bond donors (Lipinski definition) is 2. The molecule has 0 aliphatic carbocycles. The first-order valence-corrected chi connectivity index (χ1v) is 13.0. The predicted molar refractivity (Wildman–Crippen MR) is 143 cm³/mol. The normalized spacial score (nSPS) is 21.0. The molecule has 0 amide bonds. The van der Waals surface area contributed by atoms with E-state index >= 15 is 0 Å². The molecule has 3 rings (SSSR count).